The van der Waals surface area contributed by atoms with Crippen molar-refractivity contribution in [1.82, 2.24) is 20.0 Å². The van der Waals surface area contributed by atoms with Crippen LogP contribution in [-0.2, 0) is 24.4 Å². The van der Waals surface area contributed by atoms with Crippen LogP contribution in [0.5, 0.6) is 0 Å². The van der Waals surface area contributed by atoms with Gasteiger partial charge in [-0.15, -0.1) is 0 Å². The Morgan fingerprint density at radius 3 is 2.42 bits per heavy atom. The maximum Gasteiger partial charge on any atom is 0.335 e. The molecule has 0 saturated carbocycles. The molecule has 0 aliphatic carbocycles. The zero-order valence-electron chi connectivity index (χ0n) is 20.8. The SMILES string of the molecule is CC(C)N1C=CC=C(C(=O)O)C1N1CCN(Cc2ccc(CNCc3c(F)cccc3Cl)cc2)CC1. The molecular weight excluding hydrogens is 479 g/mol. The van der Waals surface area contributed by atoms with E-state index in [1.54, 1.807) is 18.2 Å². The van der Waals surface area contributed by atoms with Crippen LogP contribution < -0.4 is 5.32 Å². The van der Waals surface area contributed by atoms with Crippen molar-refractivity contribution in [1.29, 1.82) is 0 Å². The average molecular weight is 513 g/mol. The number of halogens is 2. The molecule has 0 bridgehead atoms. The van der Waals surface area contributed by atoms with Gasteiger partial charge in [-0.05, 0) is 49.3 Å². The number of piperazine rings is 1. The van der Waals surface area contributed by atoms with Crippen molar-refractivity contribution in [3.8, 4) is 0 Å². The first-order valence-electron chi connectivity index (χ1n) is 12.4. The maximum absolute atomic E-state index is 13.9. The van der Waals surface area contributed by atoms with Crippen LogP contribution in [0.25, 0.3) is 0 Å². The van der Waals surface area contributed by atoms with E-state index in [9.17, 15) is 14.3 Å². The van der Waals surface area contributed by atoms with Crippen LogP contribution in [0.15, 0.2) is 66.4 Å². The lowest BCUT2D eigenvalue weighted by atomic mass is 10.0. The van der Waals surface area contributed by atoms with Gasteiger partial charge in [0.05, 0.1) is 5.57 Å². The Morgan fingerprint density at radius 2 is 1.78 bits per heavy atom. The van der Waals surface area contributed by atoms with Gasteiger partial charge in [-0.2, -0.15) is 0 Å². The van der Waals surface area contributed by atoms with E-state index >= 15 is 0 Å². The van der Waals surface area contributed by atoms with E-state index < -0.39 is 5.97 Å². The van der Waals surface area contributed by atoms with E-state index in [4.69, 9.17) is 11.6 Å². The van der Waals surface area contributed by atoms with Gasteiger partial charge in [0, 0.05) is 68.6 Å². The van der Waals surface area contributed by atoms with Crippen molar-refractivity contribution in [3.05, 3.63) is 93.9 Å². The van der Waals surface area contributed by atoms with Gasteiger partial charge in [-0.3, -0.25) is 9.80 Å². The van der Waals surface area contributed by atoms with Crippen molar-refractivity contribution in [2.45, 2.75) is 45.7 Å². The fourth-order valence-corrected chi connectivity index (χ4v) is 5.05. The Morgan fingerprint density at radius 1 is 1.08 bits per heavy atom. The number of hydrogen-bond acceptors (Lipinski definition) is 5. The lowest BCUT2D eigenvalue weighted by molar-refractivity contribution is -0.134. The summed E-state index contributed by atoms with van der Waals surface area (Å²) in [7, 11) is 0. The predicted molar refractivity (Wildman–Crippen MR) is 141 cm³/mol. The molecule has 0 aromatic heterocycles. The molecule has 2 N–H and O–H groups in total. The molecule has 1 unspecified atom stereocenters. The van der Waals surface area contributed by atoms with Gasteiger partial charge in [0.2, 0.25) is 0 Å². The third kappa shape index (κ3) is 6.34. The van der Waals surface area contributed by atoms with Crippen molar-refractivity contribution < 1.29 is 14.3 Å². The van der Waals surface area contributed by atoms with Gasteiger partial charge in [0.1, 0.15) is 12.0 Å². The molecule has 1 saturated heterocycles. The highest BCUT2D eigenvalue weighted by Crippen LogP contribution is 2.25. The highest BCUT2D eigenvalue weighted by atomic mass is 35.5. The predicted octanol–water partition coefficient (Wildman–Crippen LogP) is 4.46. The Labute approximate surface area is 217 Å². The number of allylic oxidation sites excluding steroid dienone is 2. The summed E-state index contributed by atoms with van der Waals surface area (Å²) in [5, 5.41) is 13.5. The number of carboxylic acids is 1. The van der Waals surface area contributed by atoms with Crippen molar-refractivity contribution >= 4 is 17.6 Å². The standard InChI is InChI=1S/C28H34ClFN4O2/c1-20(2)34-12-4-5-23(28(35)36)27(34)33-15-13-32(14-16-33)19-22-10-8-21(9-11-22)17-31-18-24-25(29)6-3-7-26(24)30/h3-12,20,27,31H,13-19H2,1-2H3,(H,35,36). The largest absolute Gasteiger partial charge is 0.478 e. The van der Waals surface area contributed by atoms with Gasteiger partial charge >= 0.3 is 5.97 Å². The minimum Gasteiger partial charge on any atom is -0.478 e. The summed E-state index contributed by atoms with van der Waals surface area (Å²) in [5.74, 6) is -1.15. The topological polar surface area (TPSA) is 59.1 Å². The summed E-state index contributed by atoms with van der Waals surface area (Å²) >= 11 is 6.10. The van der Waals surface area contributed by atoms with E-state index in [2.05, 4.69) is 58.1 Å². The monoisotopic (exact) mass is 512 g/mol. The van der Waals surface area contributed by atoms with E-state index in [0.29, 0.717) is 29.2 Å². The fourth-order valence-electron chi connectivity index (χ4n) is 4.82. The third-order valence-electron chi connectivity index (χ3n) is 6.81. The second kappa shape index (κ2) is 12.0. The summed E-state index contributed by atoms with van der Waals surface area (Å²) in [5.41, 5.74) is 3.28. The zero-order valence-corrected chi connectivity index (χ0v) is 21.6. The van der Waals surface area contributed by atoms with Gasteiger partial charge in [0.15, 0.2) is 0 Å². The van der Waals surface area contributed by atoms with E-state index in [0.717, 1.165) is 38.3 Å². The number of carbonyl (C=O) groups is 1. The second-order valence-corrected chi connectivity index (χ2v) is 10.0. The lowest BCUT2D eigenvalue weighted by Gasteiger charge is -2.46. The number of benzene rings is 2. The Kier molecular flexibility index (Phi) is 8.80. The molecule has 1 fully saturated rings. The molecule has 2 aliphatic heterocycles. The molecule has 1 atom stereocenters. The highest BCUT2D eigenvalue weighted by molar-refractivity contribution is 6.31. The van der Waals surface area contributed by atoms with Gasteiger partial charge in [-0.1, -0.05) is 41.9 Å². The molecule has 2 heterocycles. The second-order valence-electron chi connectivity index (χ2n) is 9.62. The molecule has 2 aromatic rings. The van der Waals surface area contributed by atoms with Crippen LogP contribution in [-0.4, -0.2) is 64.2 Å². The van der Waals surface area contributed by atoms with Crippen LogP contribution in [0, 0.1) is 5.82 Å². The number of nitrogens with zero attached hydrogens (tertiary/aromatic N) is 3. The van der Waals surface area contributed by atoms with Crippen molar-refractivity contribution in [2.75, 3.05) is 26.2 Å². The average Bonchev–Trinajstić information content (AvgIpc) is 2.87. The Hall–Kier alpha value is -2.71. The summed E-state index contributed by atoms with van der Waals surface area (Å²) in [6.07, 6.45) is 5.31. The normalized spacial score (nSPS) is 19.1. The molecule has 36 heavy (non-hydrogen) atoms. The lowest BCUT2D eigenvalue weighted by Crippen LogP contribution is -2.57. The summed E-state index contributed by atoms with van der Waals surface area (Å²) in [6, 6.07) is 13.4. The fraction of sp³-hybridized carbons (Fsp3) is 0.393. The molecule has 4 rings (SSSR count). The highest BCUT2D eigenvalue weighted by Gasteiger charge is 2.35. The summed E-state index contributed by atoms with van der Waals surface area (Å²) in [6.45, 7) is 9.43. The number of aliphatic carboxylic acids is 1. The van der Waals surface area contributed by atoms with Gasteiger partial charge < -0.3 is 15.3 Å². The smallest absolute Gasteiger partial charge is 0.335 e. The van der Waals surface area contributed by atoms with Crippen LogP contribution in [0.1, 0.15) is 30.5 Å². The summed E-state index contributed by atoms with van der Waals surface area (Å²) < 4.78 is 13.9. The number of nitrogens with one attached hydrogen (secondary N) is 1. The molecule has 2 aromatic carbocycles. The maximum atomic E-state index is 13.9. The first-order valence-corrected chi connectivity index (χ1v) is 12.8. The minimum atomic E-state index is -0.857. The Bertz CT molecular complexity index is 1090. The molecule has 0 amide bonds. The summed E-state index contributed by atoms with van der Waals surface area (Å²) in [4.78, 5) is 18.7. The first-order chi connectivity index (χ1) is 17.3. The van der Waals surface area contributed by atoms with Crippen molar-refractivity contribution in [3.63, 3.8) is 0 Å². The van der Waals surface area contributed by atoms with E-state index in [1.165, 1.54) is 11.6 Å². The van der Waals surface area contributed by atoms with Crippen LogP contribution in [0.2, 0.25) is 5.02 Å². The molecule has 0 spiro atoms. The molecule has 8 heteroatoms. The molecule has 6 nitrogen and oxygen atoms in total. The number of hydrogen-bond donors (Lipinski definition) is 2. The third-order valence-corrected chi connectivity index (χ3v) is 7.17. The molecule has 2 aliphatic rings. The van der Waals surface area contributed by atoms with Crippen LogP contribution in [0.4, 0.5) is 4.39 Å². The molecular formula is C28H34ClFN4O2. The van der Waals surface area contributed by atoms with E-state index in [1.807, 2.05) is 12.3 Å². The quantitative estimate of drug-likeness (QED) is 0.517. The Balaban J connectivity index is 1.27. The van der Waals surface area contributed by atoms with E-state index in [-0.39, 0.29) is 18.0 Å². The minimum absolute atomic E-state index is 0.212. The number of rotatable bonds is 9. The van der Waals surface area contributed by atoms with Crippen LogP contribution >= 0.6 is 11.6 Å². The van der Waals surface area contributed by atoms with Crippen molar-refractivity contribution in [2.24, 2.45) is 0 Å². The molecule has 192 valence electrons. The zero-order chi connectivity index (χ0) is 25.7. The first kappa shape index (κ1) is 26.4. The van der Waals surface area contributed by atoms with Gasteiger partial charge in [0.25, 0.3) is 0 Å². The number of carboxylic acid groups (broad SMARTS) is 1. The molecule has 0 radical (unpaired) electrons. The van der Waals surface area contributed by atoms with Gasteiger partial charge in [-0.25, -0.2) is 9.18 Å². The van der Waals surface area contributed by atoms with Crippen LogP contribution in [0.3, 0.4) is 0 Å².